The lowest BCUT2D eigenvalue weighted by molar-refractivity contribution is 0.217. The van der Waals surface area contributed by atoms with Gasteiger partial charge in [-0.2, -0.15) is 0 Å². The number of hydrogen-bond acceptors (Lipinski definition) is 1. The van der Waals surface area contributed by atoms with Crippen molar-refractivity contribution in [2.45, 2.75) is 13.8 Å². The number of rotatable bonds is 3. The average molecular weight is 191 g/mol. The van der Waals surface area contributed by atoms with Crippen LogP contribution in [0.1, 0.15) is 13.8 Å². The molecule has 0 unspecified atom stereocenters. The minimum Gasteiger partial charge on any atom is -0.325 e. The summed E-state index contributed by atoms with van der Waals surface area (Å²) in [5.41, 5.74) is 0.782. The van der Waals surface area contributed by atoms with E-state index >= 15 is 0 Å². The molecule has 0 aromatic heterocycles. The lowest BCUT2D eigenvalue weighted by atomic mass is 10.3. The second-order valence-electron chi connectivity index (χ2n) is 2.89. The van der Waals surface area contributed by atoms with Crippen LogP contribution in [-0.2, 0) is 0 Å². The number of carbonyl (C=O) groups is 1. The summed E-state index contributed by atoms with van der Waals surface area (Å²) in [6, 6.07) is 10.1. The molecule has 0 aliphatic heterocycles. The first kappa shape index (κ1) is 10.6. The summed E-state index contributed by atoms with van der Waals surface area (Å²) in [7, 11) is 0. The van der Waals surface area contributed by atoms with Crippen LogP contribution >= 0.6 is 0 Å². The molecule has 0 saturated heterocycles. The zero-order valence-corrected chi connectivity index (χ0v) is 8.58. The summed E-state index contributed by atoms with van der Waals surface area (Å²) < 4.78 is 0. The first-order valence-corrected chi connectivity index (χ1v) is 4.80. The Balaban J connectivity index is 2.57. The van der Waals surface area contributed by atoms with Crippen molar-refractivity contribution < 1.29 is 4.79 Å². The molecule has 1 rings (SSSR count). The molecule has 2 amide bonds. The quantitative estimate of drug-likeness (QED) is 0.781. The molecule has 0 bridgehead atoms. The molecule has 0 aliphatic carbocycles. The van der Waals surface area contributed by atoms with Crippen LogP contribution in [-0.4, -0.2) is 24.0 Å². The number of anilines is 1. The van der Waals surface area contributed by atoms with E-state index in [0.717, 1.165) is 18.8 Å². The highest BCUT2D eigenvalue weighted by molar-refractivity contribution is 5.89. The topological polar surface area (TPSA) is 32.3 Å². The standard InChI is InChI=1S/C11H15N2O/c1-3-13(4-2)11(14)12-10-8-6-5-7-9-10/h5-6,8-9H,3-4H2,1-2H3,(H,12,14). The van der Waals surface area contributed by atoms with Crippen molar-refractivity contribution in [2.24, 2.45) is 0 Å². The van der Waals surface area contributed by atoms with Crippen LogP contribution in [0.4, 0.5) is 10.5 Å². The Hall–Kier alpha value is -1.51. The summed E-state index contributed by atoms with van der Waals surface area (Å²) in [4.78, 5) is 13.3. The van der Waals surface area contributed by atoms with Gasteiger partial charge in [0.2, 0.25) is 0 Å². The maximum Gasteiger partial charge on any atom is 0.321 e. The van der Waals surface area contributed by atoms with Crippen molar-refractivity contribution in [3.8, 4) is 0 Å². The molecule has 1 radical (unpaired) electrons. The normalized spacial score (nSPS) is 9.57. The molecule has 3 nitrogen and oxygen atoms in total. The van der Waals surface area contributed by atoms with Crippen LogP contribution in [0.15, 0.2) is 24.3 Å². The highest BCUT2D eigenvalue weighted by Gasteiger charge is 2.08. The van der Waals surface area contributed by atoms with Crippen molar-refractivity contribution in [3.05, 3.63) is 30.3 Å². The number of hydrogen-bond donors (Lipinski definition) is 1. The molecule has 0 saturated carbocycles. The van der Waals surface area contributed by atoms with Crippen LogP contribution in [0.3, 0.4) is 0 Å². The minimum absolute atomic E-state index is 0.0606. The fraction of sp³-hybridized carbons (Fsp3) is 0.364. The number of carbonyl (C=O) groups excluding carboxylic acids is 1. The van der Waals surface area contributed by atoms with Gasteiger partial charge >= 0.3 is 6.03 Å². The second kappa shape index (κ2) is 5.27. The molecule has 0 atom stereocenters. The monoisotopic (exact) mass is 191 g/mol. The highest BCUT2D eigenvalue weighted by Crippen LogP contribution is 2.05. The van der Waals surface area contributed by atoms with Gasteiger partial charge in [0.1, 0.15) is 0 Å². The Morgan fingerprint density at radius 2 is 2.21 bits per heavy atom. The van der Waals surface area contributed by atoms with E-state index in [-0.39, 0.29) is 6.03 Å². The smallest absolute Gasteiger partial charge is 0.321 e. The number of nitrogens with zero attached hydrogens (tertiary/aromatic N) is 1. The van der Waals surface area contributed by atoms with Gasteiger partial charge in [-0.15, -0.1) is 0 Å². The van der Waals surface area contributed by atoms with E-state index in [1.807, 2.05) is 26.0 Å². The Bertz CT molecular complexity index is 281. The number of benzene rings is 1. The Morgan fingerprint density at radius 3 is 2.71 bits per heavy atom. The van der Waals surface area contributed by atoms with Gasteiger partial charge in [-0.05, 0) is 32.0 Å². The predicted octanol–water partition coefficient (Wildman–Crippen LogP) is 2.36. The molecule has 0 aliphatic rings. The van der Waals surface area contributed by atoms with Crippen LogP contribution in [0.25, 0.3) is 0 Å². The Labute approximate surface area is 84.7 Å². The van der Waals surface area contributed by atoms with E-state index in [1.165, 1.54) is 0 Å². The first-order chi connectivity index (χ1) is 6.77. The third-order valence-corrected chi connectivity index (χ3v) is 2.01. The van der Waals surface area contributed by atoms with Gasteiger partial charge in [0, 0.05) is 18.8 Å². The molecular formula is C11H15N2O. The van der Waals surface area contributed by atoms with Gasteiger partial charge in [0.15, 0.2) is 0 Å². The van der Waals surface area contributed by atoms with Crippen LogP contribution in [0, 0.1) is 6.07 Å². The average Bonchev–Trinajstić information content (AvgIpc) is 2.21. The maximum absolute atomic E-state index is 11.6. The molecule has 1 N–H and O–H groups in total. The molecule has 1 aromatic carbocycles. The summed E-state index contributed by atoms with van der Waals surface area (Å²) >= 11 is 0. The number of nitrogens with one attached hydrogen (secondary N) is 1. The molecule has 75 valence electrons. The van der Waals surface area contributed by atoms with Crippen molar-refractivity contribution in [2.75, 3.05) is 18.4 Å². The SMILES string of the molecule is CCN(CC)C(=O)Nc1c[c]ccc1. The summed E-state index contributed by atoms with van der Waals surface area (Å²) in [6.45, 7) is 5.36. The van der Waals surface area contributed by atoms with Crippen molar-refractivity contribution in [1.29, 1.82) is 0 Å². The third kappa shape index (κ3) is 2.76. The largest absolute Gasteiger partial charge is 0.325 e. The van der Waals surface area contributed by atoms with Crippen molar-refractivity contribution in [1.82, 2.24) is 4.90 Å². The number of urea groups is 1. The fourth-order valence-electron chi connectivity index (χ4n) is 1.18. The van der Waals surface area contributed by atoms with Crippen molar-refractivity contribution in [3.63, 3.8) is 0 Å². The molecule has 14 heavy (non-hydrogen) atoms. The lowest BCUT2D eigenvalue weighted by Crippen LogP contribution is -2.34. The predicted molar refractivity (Wildman–Crippen MR) is 57.2 cm³/mol. The summed E-state index contributed by atoms with van der Waals surface area (Å²) in [5, 5.41) is 2.80. The third-order valence-electron chi connectivity index (χ3n) is 2.01. The first-order valence-electron chi connectivity index (χ1n) is 4.80. The van der Waals surface area contributed by atoms with Gasteiger partial charge in [0.25, 0.3) is 0 Å². The highest BCUT2D eigenvalue weighted by atomic mass is 16.2. The van der Waals surface area contributed by atoms with Gasteiger partial charge in [-0.1, -0.05) is 12.1 Å². The van der Waals surface area contributed by atoms with Gasteiger partial charge in [-0.25, -0.2) is 4.79 Å². The Morgan fingerprint density at radius 1 is 1.50 bits per heavy atom. The van der Waals surface area contributed by atoms with Crippen LogP contribution < -0.4 is 5.32 Å². The van der Waals surface area contributed by atoms with E-state index in [2.05, 4.69) is 11.4 Å². The summed E-state index contributed by atoms with van der Waals surface area (Å²) in [5.74, 6) is 0. The molecule has 3 heteroatoms. The van der Waals surface area contributed by atoms with E-state index in [1.54, 1.807) is 17.0 Å². The molecular weight excluding hydrogens is 176 g/mol. The molecule has 0 fully saturated rings. The van der Waals surface area contributed by atoms with Gasteiger partial charge < -0.3 is 10.2 Å². The lowest BCUT2D eigenvalue weighted by Gasteiger charge is -2.18. The minimum atomic E-state index is -0.0606. The maximum atomic E-state index is 11.6. The van der Waals surface area contributed by atoms with Gasteiger partial charge in [-0.3, -0.25) is 0 Å². The van der Waals surface area contributed by atoms with Crippen LogP contribution in [0.5, 0.6) is 0 Å². The summed E-state index contributed by atoms with van der Waals surface area (Å²) in [6.07, 6.45) is 0. The number of amides is 2. The molecule has 1 aromatic rings. The second-order valence-corrected chi connectivity index (χ2v) is 2.89. The fourth-order valence-corrected chi connectivity index (χ4v) is 1.18. The van der Waals surface area contributed by atoms with E-state index in [0.29, 0.717) is 0 Å². The van der Waals surface area contributed by atoms with Gasteiger partial charge in [0.05, 0.1) is 0 Å². The zero-order valence-electron chi connectivity index (χ0n) is 8.58. The van der Waals surface area contributed by atoms with E-state index in [4.69, 9.17) is 0 Å². The van der Waals surface area contributed by atoms with E-state index in [9.17, 15) is 4.79 Å². The zero-order chi connectivity index (χ0) is 10.4. The van der Waals surface area contributed by atoms with Crippen LogP contribution in [0.2, 0.25) is 0 Å². The molecule has 0 spiro atoms. The molecule has 0 heterocycles. The van der Waals surface area contributed by atoms with E-state index < -0.39 is 0 Å². The van der Waals surface area contributed by atoms with Crippen molar-refractivity contribution >= 4 is 11.7 Å². The Kier molecular flexibility index (Phi) is 3.98.